The largest absolute Gasteiger partial charge is 0.394 e. The van der Waals surface area contributed by atoms with Crippen LogP contribution in [0, 0.1) is 11.6 Å². The second-order valence-corrected chi connectivity index (χ2v) is 7.70. The molecule has 1 atom stereocenters. The van der Waals surface area contributed by atoms with Crippen LogP contribution in [0.4, 0.5) is 8.78 Å². The minimum Gasteiger partial charge on any atom is -0.394 e. The Kier molecular flexibility index (Phi) is 5.88. The van der Waals surface area contributed by atoms with Crippen LogP contribution in [0.2, 0.25) is 5.02 Å². The van der Waals surface area contributed by atoms with E-state index in [1.165, 1.54) is 41.0 Å². The lowest BCUT2D eigenvalue weighted by Crippen LogP contribution is -2.37. The van der Waals surface area contributed by atoms with Gasteiger partial charge in [-0.25, -0.2) is 18.3 Å². The van der Waals surface area contributed by atoms with E-state index in [2.05, 4.69) is 10.4 Å². The first-order valence-electron chi connectivity index (χ1n) is 9.69. The first kappa shape index (κ1) is 21.2. The summed E-state index contributed by atoms with van der Waals surface area (Å²) in [6, 6.07) is 9.06. The number of hydrogen-bond acceptors (Lipinski definition) is 4. The third-order valence-corrected chi connectivity index (χ3v) is 5.36. The van der Waals surface area contributed by atoms with Gasteiger partial charge in [0.2, 0.25) is 5.91 Å². The molecule has 2 N–H and O–H groups in total. The van der Waals surface area contributed by atoms with Crippen LogP contribution in [0.3, 0.4) is 0 Å². The highest BCUT2D eigenvalue weighted by atomic mass is 35.5. The van der Waals surface area contributed by atoms with Crippen molar-refractivity contribution in [2.45, 2.75) is 31.5 Å². The molecule has 1 unspecified atom stereocenters. The molecule has 0 spiro atoms. The van der Waals surface area contributed by atoms with Gasteiger partial charge < -0.3 is 10.4 Å². The summed E-state index contributed by atoms with van der Waals surface area (Å²) in [5, 5.41) is 16.1. The average molecular weight is 449 g/mol. The van der Waals surface area contributed by atoms with Crippen LogP contribution in [0.25, 0.3) is 11.4 Å². The van der Waals surface area contributed by atoms with E-state index in [-0.39, 0.29) is 28.0 Å². The molecule has 3 aromatic rings. The van der Waals surface area contributed by atoms with E-state index in [4.69, 9.17) is 11.6 Å². The Bertz CT molecular complexity index is 1190. The lowest BCUT2D eigenvalue weighted by Gasteiger charge is -2.17. The Hall–Kier alpha value is -3.04. The summed E-state index contributed by atoms with van der Waals surface area (Å²) in [5.41, 5.74) is -0.350. The molecule has 1 saturated carbocycles. The van der Waals surface area contributed by atoms with E-state index in [0.29, 0.717) is 0 Å². The maximum absolute atomic E-state index is 14.3. The molecule has 7 nitrogen and oxygen atoms in total. The quantitative estimate of drug-likeness (QED) is 0.581. The summed E-state index contributed by atoms with van der Waals surface area (Å²) in [6.45, 7) is -1.05. The van der Waals surface area contributed by atoms with Gasteiger partial charge in [0, 0.05) is 11.6 Å². The van der Waals surface area contributed by atoms with Crippen molar-refractivity contribution < 1.29 is 18.7 Å². The lowest BCUT2D eigenvalue weighted by molar-refractivity contribution is -0.123. The van der Waals surface area contributed by atoms with Gasteiger partial charge in [0.05, 0.1) is 23.2 Å². The Morgan fingerprint density at radius 2 is 1.97 bits per heavy atom. The lowest BCUT2D eigenvalue weighted by atomic mass is 10.1. The summed E-state index contributed by atoms with van der Waals surface area (Å²) < 4.78 is 30.9. The fraction of sp³-hybridized carbons (Fsp3) is 0.286. The summed E-state index contributed by atoms with van der Waals surface area (Å²) in [4.78, 5) is 25.4. The van der Waals surface area contributed by atoms with E-state index in [9.17, 15) is 23.5 Å². The molecule has 31 heavy (non-hydrogen) atoms. The normalized spacial score (nSPS) is 14.5. The highest BCUT2D eigenvalue weighted by Crippen LogP contribution is 2.36. The van der Waals surface area contributed by atoms with Crippen molar-refractivity contribution in [1.29, 1.82) is 0 Å². The number of benzene rings is 2. The fourth-order valence-electron chi connectivity index (χ4n) is 3.40. The molecule has 0 saturated heterocycles. The zero-order chi connectivity index (χ0) is 22.1. The maximum Gasteiger partial charge on any atom is 0.346 e. The van der Waals surface area contributed by atoms with E-state index in [1.807, 2.05) is 0 Å². The Labute approximate surface area is 180 Å². The molecule has 1 aromatic heterocycles. The van der Waals surface area contributed by atoms with E-state index >= 15 is 0 Å². The molecule has 1 aliphatic rings. The van der Waals surface area contributed by atoms with Crippen molar-refractivity contribution >= 4 is 17.5 Å². The summed E-state index contributed by atoms with van der Waals surface area (Å²) in [5.74, 6) is -1.79. The van der Waals surface area contributed by atoms with Crippen LogP contribution < -0.4 is 11.0 Å². The zero-order valence-corrected chi connectivity index (χ0v) is 17.0. The number of aliphatic hydroxyl groups is 1. The van der Waals surface area contributed by atoms with Gasteiger partial charge >= 0.3 is 5.69 Å². The van der Waals surface area contributed by atoms with Gasteiger partial charge in [0.25, 0.3) is 0 Å². The highest BCUT2D eigenvalue weighted by Gasteiger charge is 2.31. The number of aliphatic hydroxyl groups excluding tert-OH is 1. The summed E-state index contributed by atoms with van der Waals surface area (Å²) in [6.07, 6.45) is 1.53. The van der Waals surface area contributed by atoms with E-state index < -0.39 is 42.4 Å². The maximum atomic E-state index is 14.3. The standard InChI is InChI=1S/C21H19ClF2N4O3/c22-15-6-3-5-14(19(15)24)17(11-29)25-18(30)10-27-21(31)28(12-8-9-12)20(26-27)13-4-1-2-7-16(13)23/h1-7,12,17,29H,8-11H2,(H,25,30). The van der Waals surface area contributed by atoms with Crippen LogP contribution in [0.15, 0.2) is 47.3 Å². The Morgan fingerprint density at radius 3 is 2.65 bits per heavy atom. The second-order valence-electron chi connectivity index (χ2n) is 7.29. The third kappa shape index (κ3) is 4.24. The molecular weight excluding hydrogens is 430 g/mol. The van der Waals surface area contributed by atoms with Crippen molar-refractivity contribution in [3.05, 3.63) is 75.2 Å². The topological polar surface area (TPSA) is 89.2 Å². The van der Waals surface area contributed by atoms with Crippen LogP contribution in [0.1, 0.15) is 30.5 Å². The van der Waals surface area contributed by atoms with Gasteiger partial charge in [-0.1, -0.05) is 35.9 Å². The monoisotopic (exact) mass is 448 g/mol. The van der Waals surface area contributed by atoms with Crippen LogP contribution in [0.5, 0.6) is 0 Å². The Morgan fingerprint density at radius 1 is 1.23 bits per heavy atom. The predicted octanol–water partition coefficient (Wildman–Crippen LogP) is 2.83. The first-order chi connectivity index (χ1) is 14.9. The molecule has 1 heterocycles. The van der Waals surface area contributed by atoms with Crippen LogP contribution in [-0.4, -0.2) is 32.0 Å². The number of nitrogens with zero attached hydrogens (tertiary/aromatic N) is 3. The van der Waals surface area contributed by atoms with Gasteiger partial charge in [0.15, 0.2) is 5.82 Å². The van der Waals surface area contributed by atoms with E-state index in [0.717, 1.165) is 17.5 Å². The minimum absolute atomic E-state index is 0.0197. The number of carbonyl (C=O) groups is 1. The van der Waals surface area contributed by atoms with Gasteiger partial charge in [-0.15, -0.1) is 5.10 Å². The molecule has 4 rings (SSSR count). The number of hydrogen-bond donors (Lipinski definition) is 2. The average Bonchev–Trinajstić information content (AvgIpc) is 3.53. The van der Waals surface area contributed by atoms with Crippen molar-refractivity contribution in [2.75, 3.05) is 6.61 Å². The van der Waals surface area contributed by atoms with Crippen molar-refractivity contribution in [3.63, 3.8) is 0 Å². The third-order valence-electron chi connectivity index (χ3n) is 5.07. The van der Waals surface area contributed by atoms with E-state index in [1.54, 1.807) is 6.07 Å². The molecule has 0 aliphatic heterocycles. The number of amides is 1. The SMILES string of the molecule is O=C(Cn1nc(-c2ccccc2F)n(C2CC2)c1=O)NC(CO)c1cccc(Cl)c1F. The molecule has 0 bridgehead atoms. The van der Waals surface area contributed by atoms with Gasteiger partial charge in [-0.05, 0) is 31.0 Å². The summed E-state index contributed by atoms with van der Waals surface area (Å²) in [7, 11) is 0. The van der Waals surface area contributed by atoms with Crippen molar-refractivity contribution in [3.8, 4) is 11.4 Å². The molecule has 10 heteroatoms. The van der Waals surface area contributed by atoms with Gasteiger partial charge in [-0.2, -0.15) is 0 Å². The molecule has 162 valence electrons. The molecule has 1 amide bonds. The number of nitrogens with one attached hydrogen (secondary N) is 1. The Balaban J connectivity index is 1.60. The predicted molar refractivity (Wildman–Crippen MR) is 110 cm³/mol. The van der Waals surface area contributed by atoms with Crippen molar-refractivity contribution in [2.24, 2.45) is 0 Å². The minimum atomic E-state index is -1.06. The first-order valence-corrected chi connectivity index (χ1v) is 10.1. The molecular formula is C21H19ClF2N4O3. The van der Waals surface area contributed by atoms with Gasteiger partial charge in [-0.3, -0.25) is 9.36 Å². The van der Waals surface area contributed by atoms with Gasteiger partial charge in [0.1, 0.15) is 18.2 Å². The number of aromatic nitrogens is 3. The van der Waals surface area contributed by atoms with Crippen LogP contribution >= 0.6 is 11.6 Å². The van der Waals surface area contributed by atoms with Crippen molar-refractivity contribution in [1.82, 2.24) is 19.7 Å². The summed E-state index contributed by atoms with van der Waals surface area (Å²) >= 11 is 5.77. The molecule has 1 aliphatic carbocycles. The highest BCUT2D eigenvalue weighted by molar-refractivity contribution is 6.30. The zero-order valence-electron chi connectivity index (χ0n) is 16.3. The molecule has 2 aromatic carbocycles. The van der Waals surface area contributed by atoms with Crippen LogP contribution in [-0.2, 0) is 11.3 Å². The number of carbonyl (C=O) groups excluding carboxylic acids is 1. The molecule has 1 fully saturated rings. The number of rotatable bonds is 7. The molecule has 0 radical (unpaired) electrons. The second kappa shape index (κ2) is 8.60. The number of halogens is 3. The smallest absolute Gasteiger partial charge is 0.346 e. The fourth-order valence-corrected chi connectivity index (χ4v) is 3.58.